The van der Waals surface area contributed by atoms with Crippen LogP contribution < -0.4 is 0 Å². The molecule has 0 bridgehead atoms. The topological polar surface area (TPSA) is 46.2 Å². The van der Waals surface area contributed by atoms with Crippen molar-refractivity contribution in [1.29, 1.82) is 0 Å². The summed E-state index contributed by atoms with van der Waals surface area (Å²) in [6, 6.07) is 0. The summed E-state index contributed by atoms with van der Waals surface area (Å²) < 4.78 is 41.6. The minimum Gasteiger partial charge on any atom is -0.342 e. The maximum absolute atomic E-state index is 13.1. The number of rotatable bonds is 1. The molecule has 0 aromatic rings. The molecule has 0 aromatic carbocycles. The number of halogens is 1. The molecule has 0 spiro atoms. The van der Waals surface area contributed by atoms with E-state index in [-0.39, 0.29) is 12.2 Å². The molecule has 6 heteroatoms. The summed E-state index contributed by atoms with van der Waals surface area (Å²) in [5.41, 5.74) is 0. The number of hydrogen-bond acceptors (Lipinski definition) is 5. The SMILES string of the molecule is CC1(C)OC2O[C@@H](CF)[C@H]3OC(C)(C)O[C@H]3C2O1. The molecule has 0 aliphatic carbocycles. The van der Waals surface area contributed by atoms with Crippen molar-refractivity contribution in [3.8, 4) is 0 Å². The molecule has 0 amide bonds. The second-order valence-corrected chi connectivity index (χ2v) is 5.86. The molecule has 0 aromatic heterocycles. The highest BCUT2D eigenvalue weighted by atomic mass is 19.1. The van der Waals surface area contributed by atoms with Gasteiger partial charge in [0.05, 0.1) is 0 Å². The predicted molar refractivity (Wildman–Crippen MR) is 58.5 cm³/mol. The van der Waals surface area contributed by atoms with Crippen LogP contribution in [-0.2, 0) is 23.7 Å². The van der Waals surface area contributed by atoms with Crippen molar-refractivity contribution in [3.05, 3.63) is 0 Å². The first-order valence-corrected chi connectivity index (χ1v) is 6.24. The Labute approximate surface area is 105 Å². The molecular formula is C12H19FO5. The number of hydrogen-bond donors (Lipinski definition) is 0. The molecule has 18 heavy (non-hydrogen) atoms. The molecule has 0 radical (unpaired) electrons. The van der Waals surface area contributed by atoms with Gasteiger partial charge in [0.2, 0.25) is 0 Å². The van der Waals surface area contributed by atoms with Crippen LogP contribution in [-0.4, -0.2) is 49.0 Å². The van der Waals surface area contributed by atoms with E-state index in [1.165, 1.54) is 0 Å². The maximum atomic E-state index is 13.1. The maximum Gasteiger partial charge on any atom is 0.190 e. The highest BCUT2D eigenvalue weighted by Crippen LogP contribution is 2.43. The summed E-state index contributed by atoms with van der Waals surface area (Å²) in [5, 5.41) is 0. The summed E-state index contributed by atoms with van der Waals surface area (Å²) in [6.07, 6.45) is -2.46. The lowest BCUT2D eigenvalue weighted by atomic mass is 10.00. The van der Waals surface area contributed by atoms with Crippen molar-refractivity contribution in [2.45, 2.75) is 70.0 Å². The molecule has 3 saturated heterocycles. The Hall–Kier alpha value is -0.270. The predicted octanol–water partition coefficient (Wildman–Crippen LogP) is 1.35. The van der Waals surface area contributed by atoms with E-state index in [2.05, 4.69) is 0 Å². The molecule has 5 nitrogen and oxygen atoms in total. The molecule has 3 rings (SSSR count). The van der Waals surface area contributed by atoms with Crippen LogP contribution in [0.25, 0.3) is 0 Å². The van der Waals surface area contributed by atoms with Gasteiger partial charge in [0.1, 0.15) is 31.1 Å². The van der Waals surface area contributed by atoms with E-state index < -0.39 is 36.7 Å². The van der Waals surface area contributed by atoms with Gasteiger partial charge in [0, 0.05) is 0 Å². The Morgan fingerprint density at radius 3 is 2.06 bits per heavy atom. The van der Waals surface area contributed by atoms with E-state index in [0.29, 0.717) is 0 Å². The smallest absolute Gasteiger partial charge is 0.190 e. The summed E-state index contributed by atoms with van der Waals surface area (Å²) in [6.45, 7) is 6.57. The van der Waals surface area contributed by atoms with E-state index in [4.69, 9.17) is 23.7 Å². The first-order chi connectivity index (χ1) is 8.31. The normalized spacial score (nSPS) is 48.8. The Kier molecular flexibility index (Phi) is 2.74. The molecule has 0 N–H and O–H groups in total. The first kappa shape index (κ1) is 12.7. The van der Waals surface area contributed by atoms with Crippen molar-refractivity contribution in [2.24, 2.45) is 0 Å². The second kappa shape index (κ2) is 3.86. The lowest BCUT2D eigenvalue weighted by molar-refractivity contribution is -0.236. The van der Waals surface area contributed by atoms with Gasteiger partial charge in [0.15, 0.2) is 17.9 Å². The van der Waals surface area contributed by atoms with Crippen LogP contribution in [0.4, 0.5) is 4.39 Å². The van der Waals surface area contributed by atoms with Crippen molar-refractivity contribution in [2.75, 3.05) is 6.67 Å². The lowest BCUT2D eigenvalue weighted by Gasteiger charge is -2.35. The fourth-order valence-electron chi connectivity index (χ4n) is 2.82. The summed E-state index contributed by atoms with van der Waals surface area (Å²) in [5.74, 6) is -1.50. The zero-order valence-corrected chi connectivity index (χ0v) is 11.0. The van der Waals surface area contributed by atoms with Gasteiger partial charge in [0.25, 0.3) is 0 Å². The van der Waals surface area contributed by atoms with Crippen LogP contribution in [0, 0.1) is 0 Å². The highest BCUT2D eigenvalue weighted by Gasteiger charge is 2.60. The quantitative estimate of drug-likeness (QED) is 0.714. The minimum absolute atomic E-state index is 0.360. The first-order valence-electron chi connectivity index (χ1n) is 6.24. The fraction of sp³-hybridized carbons (Fsp3) is 1.00. The summed E-state index contributed by atoms with van der Waals surface area (Å²) in [4.78, 5) is 0. The van der Waals surface area contributed by atoms with Crippen molar-refractivity contribution in [3.63, 3.8) is 0 Å². The van der Waals surface area contributed by atoms with Gasteiger partial charge < -0.3 is 23.7 Å². The molecule has 3 aliphatic heterocycles. The van der Waals surface area contributed by atoms with E-state index in [1.54, 1.807) is 27.7 Å². The molecule has 104 valence electrons. The van der Waals surface area contributed by atoms with E-state index >= 15 is 0 Å². The van der Waals surface area contributed by atoms with Gasteiger partial charge in [-0.2, -0.15) is 0 Å². The Balaban J connectivity index is 1.86. The molecule has 2 unspecified atom stereocenters. The zero-order chi connectivity index (χ0) is 13.1. The van der Waals surface area contributed by atoms with Crippen LogP contribution in [0.5, 0.6) is 0 Å². The van der Waals surface area contributed by atoms with Crippen molar-refractivity contribution < 1.29 is 28.1 Å². The molecule has 3 heterocycles. The third-order valence-corrected chi connectivity index (χ3v) is 3.40. The summed E-state index contributed by atoms with van der Waals surface area (Å²) in [7, 11) is 0. The van der Waals surface area contributed by atoms with Gasteiger partial charge in [-0.3, -0.25) is 0 Å². The Bertz CT molecular complexity index is 345. The largest absolute Gasteiger partial charge is 0.342 e. The molecule has 0 saturated carbocycles. The number of ether oxygens (including phenoxy) is 5. The van der Waals surface area contributed by atoms with Crippen LogP contribution >= 0.6 is 0 Å². The van der Waals surface area contributed by atoms with E-state index in [9.17, 15) is 4.39 Å². The average molecular weight is 262 g/mol. The number of alkyl halides is 1. The van der Waals surface area contributed by atoms with Gasteiger partial charge >= 0.3 is 0 Å². The molecule has 5 atom stereocenters. The van der Waals surface area contributed by atoms with Crippen LogP contribution in [0.15, 0.2) is 0 Å². The summed E-state index contributed by atoms with van der Waals surface area (Å²) >= 11 is 0. The number of fused-ring (bicyclic) bond motifs is 3. The van der Waals surface area contributed by atoms with Gasteiger partial charge in [-0.25, -0.2) is 4.39 Å². The minimum atomic E-state index is -0.753. The standard InChI is InChI=1S/C12H19FO5/c1-11(2)15-7-6(5-13)14-10-9(8(7)16-11)17-12(3,4)18-10/h6-10H,5H2,1-4H3/t6-,7+,8+,9?,10?/m0/s1. The third kappa shape index (κ3) is 1.96. The molecule has 3 fully saturated rings. The van der Waals surface area contributed by atoms with Crippen LogP contribution in [0.2, 0.25) is 0 Å². The van der Waals surface area contributed by atoms with Crippen molar-refractivity contribution >= 4 is 0 Å². The second-order valence-electron chi connectivity index (χ2n) is 5.86. The van der Waals surface area contributed by atoms with Crippen LogP contribution in [0.1, 0.15) is 27.7 Å². The van der Waals surface area contributed by atoms with E-state index in [1.807, 2.05) is 0 Å². The Morgan fingerprint density at radius 2 is 1.39 bits per heavy atom. The van der Waals surface area contributed by atoms with Crippen molar-refractivity contribution in [1.82, 2.24) is 0 Å². The lowest BCUT2D eigenvalue weighted by Crippen LogP contribution is -2.55. The highest BCUT2D eigenvalue weighted by molar-refractivity contribution is 4.99. The van der Waals surface area contributed by atoms with Crippen LogP contribution in [0.3, 0.4) is 0 Å². The average Bonchev–Trinajstić information content (AvgIpc) is 2.71. The molecule has 3 aliphatic rings. The molecular weight excluding hydrogens is 243 g/mol. The third-order valence-electron chi connectivity index (χ3n) is 3.40. The monoisotopic (exact) mass is 262 g/mol. The van der Waals surface area contributed by atoms with Gasteiger partial charge in [-0.05, 0) is 27.7 Å². The van der Waals surface area contributed by atoms with Gasteiger partial charge in [-0.15, -0.1) is 0 Å². The fourth-order valence-corrected chi connectivity index (χ4v) is 2.82. The van der Waals surface area contributed by atoms with Gasteiger partial charge in [-0.1, -0.05) is 0 Å². The van der Waals surface area contributed by atoms with E-state index in [0.717, 1.165) is 0 Å². The zero-order valence-electron chi connectivity index (χ0n) is 11.0. The Morgan fingerprint density at radius 1 is 0.833 bits per heavy atom.